The maximum atomic E-state index is 13.0. The van der Waals surface area contributed by atoms with Crippen LogP contribution in [0.5, 0.6) is 0 Å². The first kappa shape index (κ1) is 17.9. The van der Waals surface area contributed by atoms with Gasteiger partial charge in [-0.05, 0) is 35.9 Å². The summed E-state index contributed by atoms with van der Waals surface area (Å²) in [4.78, 5) is 28.3. The summed E-state index contributed by atoms with van der Waals surface area (Å²) < 4.78 is 13.0. The minimum absolute atomic E-state index is 0.0123. The van der Waals surface area contributed by atoms with E-state index in [2.05, 4.69) is 5.32 Å². The molecule has 1 N–H and O–H groups in total. The van der Waals surface area contributed by atoms with E-state index in [1.54, 1.807) is 23.1 Å². The van der Waals surface area contributed by atoms with Crippen molar-refractivity contribution in [3.05, 3.63) is 65.5 Å². The minimum Gasteiger partial charge on any atom is -0.378 e. The molecule has 1 heterocycles. The maximum Gasteiger partial charge on any atom is 0.251 e. The molecule has 3 rings (SSSR count). The lowest BCUT2D eigenvalue weighted by atomic mass is 10.1. The van der Waals surface area contributed by atoms with Crippen molar-refractivity contribution in [1.82, 2.24) is 10.2 Å². The normalized spacial score (nSPS) is 16.7. The van der Waals surface area contributed by atoms with Gasteiger partial charge in [-0.25, -0.2) is 4.39 Å². The smallest absolute Gasteiger partial charge is 0.251 e. The number of nitrogens with zero attached hydrogens (tertiary/aromatic N) is 2. The average Bonchev–Trinajstić information content (AvgIpc) is 2.96. The Hall–Kier alpha value is -2.89. The molecule has 0 spiro atoms. The number of likely N-dealkylation sites (tertiary alicyclic amines) is 1. The van der Waals surface area contributed by atoms with E-state index in [0.29, 0.717) is 18.7 Å². The van der Waals surface area contributed by atoms with Crippen LogP contribution in [-0.4, -0.2) is 43.4 Å². The third-order valence-electron chi connectivity index (χ3n) is 4.46. The van der Waals surface area contributed by atoms with Gasteiger partial charge in [-0.3, -0.25) is 9.59 Å². The Morgan fingerprint density at radius 3 is 2.65 bits per heavy atom. The summed E-state index contributed by atoms with van der Waals surface area (Å²) in [6.45, 7) is 0.872. The molecule has 0 unspecified atom stereocenters. The van der Waals surface area contributed by atoms with Crippen molar-refractivity contribution in [2.45, 2.75) is 19.0 Å². The number of amides is 2. The van der Waals surface area contributed by atoms with Crippen LogP contribution in [0.2, 0.25) is 0 Å². The zero-order valence-corrected chi connectivity index (χ0v) is 14.9. The molecule has 0 bridgehead atoms. The van der Waals surface area contributed by atoms with Gasteiger partial charge in [0, 0.05) is 44.9 Å². The first-order valence-corrected chi connectivity index (χ1v) is 8.53. The Morgan fingerprint density at radius 1 is 1.23 bits per heavy atom. The van der Waals surface area contributed by atoms with Gasteiger partial charge in [-0.15, -0.1) is 0 Å². The molecule has 2 aromatic rings. The number of nitrogens with one attached hydrogen (secondary N) is 1. The third kappa shape index (κ3) is 4.20. The molecule has 0 radical (unpaired) electrons. The predicted molar refractivity (Wildman–Crippen MR) is 98.5 cm³/mol. The Balaban J connectivity index is 1.61. The van der Waals surface area contributed by atoms with Gasteiger partial charge in [0.05, 0.1) is 6.04 Å². The van der Waals surface area contributed by atoms with Gasteiger partial charge in [-0.2, -0.15) is 0 Å². The molecule has 0 aliphatic carbocycles. The Morgan fingerprint density at radius 2 is 1.96 bits per heavy atom. The molecule has 136 valence electrons. The molecule has 0 aromatic heterocycles. The minimum atomic E-state index is -0.299. The summed E-state index contributed by atoms with van der Waals surface area (Å²) in [5.41, 5.74) is 2.38. The van der Waals surface area contributed by atoms with Crippen LogP contribution < -0.4 is 10.2 Å². The number of carbonyl (C=O) groups is 2. The fraction of sp³-hybridized carbons (Fsp3) is 0.300. The molecular weight excluding hydrogens is 333 g/mol. The van der Waals surface area contributed by atoms with Crippen molar-refractivity contribution in [3.63, 3.8) is 0 Å². The van der Waals surface area contributed by atoms with Gasteiger partial charge in [-0.1, -0.05) is 18.2 Å². The molecule has 1 fully saturated rings. The highest BCUT2D eigenvalue weighted by atomic mass is 19.1. The van der Waals surface area contributed by atoms with Crippen molar-refractivity contribution in [1.29, 1.82) is 0 Å². The highest BCUT2D eigenvalue weighted by molar-refractivity contribution is 5.96. The van der Waals surface area contributed by atoms with Gasteiger partial charge in [0.2, 0.25) is 5.91 Å². The van der Waals surface area contributed by atoms with E-state index in [1.807, 2.05) is 37.2 Å². The lowest BCUT2D eigenvalue weighted by molar-refractivity contribution is -0.128. The van der Waals surface area contributed by atoms with Crippen molar-refractivity contribution in [2.75, 3.05) is 25.5 Å². The third-order valence-corrected chi connectivity index (χ3v) is 4.46. The molecule has 1 atom stereocenters. The highest BCUT2D eigenvalue weighted by Crippen LogP contribution is 2.17. The van der Waals surface area contributed by atoms with E-state index in [1.165, 1.54) is 12.1 Å². The zero-order chi connectivity index (χ0) is 18.7. The SMILES string of the molecule is CN(C)c1cccc(C(=O)N[C@H]2CC(=O)N(Cc3ccc(F)cc3)C2)c1. The molecule has 5 nitrogen and oxygen atoms in total. The van der Waals surface area contributed by atoms with Crippen molar-refractivity contribution in [2.24, 2.45) is 0 Å². The number of hydrogen-bond donors (Lipinski definition) is 1. The van der Waals surface area contributed by atoms with Crippen LogP contribution in [0.4, 0.5) is 10.1 Å². The largest absolute Gasteiger partial charge is 0.378 e. The number of halogens is 1. The summed E-state index contributed by atoms with van der Waals surface area (Å²) in [5, 5.41) is 2.94. The predicted octanol–water partition coefficient (Wildman–Crippen LogP) is 2.42. The molecule has 1 aliphatic rings. The molecule has 2 amide bonds. The van der Waals surface area contributed by atoms with Crippen molar-refractivity contribution >= 4 is 17.5 Å². The van der Waals surface area contributed by atoms with Crippen LogP contribution in [-0.2, 0) is 11.3 Å². The lowest BCUT2D eigenvalue weighted by Crippen LogP contribution is -2.37. The Kier molecular flexibility index (Phi) is 5.21. The number of hydrogen-bond acceptors (Lipinski definition) is 3. The van der Waals surface area contributed by atoms with Gasteiger partial charge in [0.15, 0.2) is 0 Å². The fourth-order valence-electron chi connectivity index (χ4n) is 3.03. The first-order chi connectivity index (χ1) is 12.4. The fourth-order valence-corrected chi connectivity index (χ4v) is 3.03. The lowest BCUT2D eigenvalue weighted by Gasteiger charge is -2.18. The van der Waals surface area contributed by atoms with Crippen LogP contribution in [0.3, 0.4) is 0 Å². The molecule has 2 aromatic carbocycles. The molecular formula is C20H22FN3O2. The monoisotopic (exact) mass is 355 g/mol. The Labute approximate surface area is 152 Å². The molecule has 0 saturated carbocycles. The summed E-state index contributed by atoms with van der Waals surface area (Å²) >= 11 is 0. The molecule has 26 heavy (non-hydrogen) atoms. The van der Waals surface area contributed by atoms with E-state index >= 15 is 0 Å². The van der Waals surface area contributed by atoms with E-state index in [-0.39, 0.29) is 30.1 Å². The van der Waals surface area contributed by atoms with Gasteiger partial charge in [0.1, 0.15) is 5.82 Å². The van der Waals surface area contributed by atoms with Gasteiger partial charge >= 0.3 is 0 Å². The van der Waals surface area contributed by atoms with E-state index in [9.17, 15) is 14.0 Å². The summed E-state index contributed by atoms with van der Waals surface area (Å²) in [6.07, 6.45) is 0.278. The van der Waals surface area contributed by atoms with Crippen LogP contribution >= 0.6 is 0 Å². The van der Waals surface area contributed by atoms with Crippen LogP contribution in [0.25, 0.3) is 0 Å². The molecule has 1 saturated heterocycles. The summed E-state index contributed by atoms with van der Waals surface area (Å²) in [7, 11) is 3.83. The zero-order valence-electron chi connectivity index (χ0n) is 14.9. The van der Waals surface area contributed by atoms with E-state index in [0.717, 1.165) is 11.3 Å². The van der Waals surface area contributed by atoms with Crippen molar-refractivity contribution in [3.8, 4) is 0 Å². The topological polar surface area (TPSA) is 52.7 Å². The maximum absolute atomic E-state index is 13.0. The van der Waals surface area contributed by atoms with Gasteiger partial charge < -0.3 is 15.1 Å². The second-order valence-electron chi connectivity index (χ2n) is 6.72. The molecule has 6 heteroatoms. The number of carbonyl (C=O) groups excluding carboxylic acids is 2. The highest BCUT2D eigenvalue weighted by Gasteiger charge is 2.30. The first-order valence-electron chi connectivity index (χ1n) is 8.53. The van der Waals surface area contributed by atoms with Crippen molar-refractivity contribution < 1.29 is 14.0 Å². The number of rotatable bonds is 5. The van der Waals surface area contributed by atoms with Crippen LogP contribution in [0.15, 0.2) is 48.5 Å². The van der Waals surface area contributed by atoms with Crippen LogP contribution in [0.1, 0.15) is 22.3 Å². The Bertz CT molecular complexity index is 805. The average molecular weight is 355 g/mol. The molecule has 1 aliphatic heterocycles. The van der Waals surface area contributed by atoms with E-state index in [4.69, 9.17) is 0 Å². The number of anilines is 1. The summed E-state index contributed by atoms with van der Waals surface area (Å²) in [5.74, 6) is -0.497. The second-order valence-corrected chi connectivity index (χ2v) is 6.72. The number of benzene rings is 2. The standard InChI is InChI=1S/C20H22FN3O2/c1-23(2)18-5-3-4-15(10-18)20(26)22-17-11-19(25)24(13-17)12-14-6-8-16(21)9-7-14/h3-10,17H,11-13H2,1-2H3,(H,22,26)/t17-/m0/s1. The van der Waals surface area contributed by atoms with Crippen LogP contribution in [0, 0.1) is 5.82 Å². The second kappa shape index (κ2) is 7.56. The van der Waals surface area contributed by atoms with Gasteiger partial charge in [0.25, 0.3) is 5.91 Å². The quantitative estimate of drug-likeness (QED) is 0.896. The van der Waals surface area contributed by atoms with E-state index < -0.39 is 0 Å². The summed E-state index contributed by atoms with van der Waals surface area (Å²) in [6, 6.07) is 13.2.